The average Bonchev–Trinajstić information content (AvgIpc) is 3.14. The minimum atomic E-state index is -0.644. The Kier molecular flexibility index (Phi) is 7.52. The minimum absolute atomic E-state index is 0.0609. The molecule has 0 bridgehead atoms. The molecule has 0 atom stereocenters. The number of benzene rings is 3. The fourth-order valence-electron chi connectivity index (χ4n) is 3.70. The van der Waals surface area contributed by atoms with E-state index in [9.17, 15) is 14.7 Å². The molecule has 2 amide bonds. The maximum absolute atomic E-state index is 12.2. The highest BCUT2D eigenvalue weighted by atomic mass is 16.5. The summed E-state index contributed by atoms with van der Waals surface area (Å²) in [5.41, 5.74) is 3.17. The van der Waals surface area contributed by atoms with E-state index in [0.717, 1.165) is 23.1 Å². The number of rotatable bonds is 9. The Hall–Kier alpha value is -4.46. The molecule has 0 aliphatic heterocycles. The number of para-hydroxylation sites is 1. The first-order valence-electron chi connectivity index (χ1n) is 11.3. The number of aromatic nitrogens is 1. The van der Waals surface area contributed by atoms with E-state index < -0.39 is 11.8 Å². The first-order chi connectivity index (χ1) is 17.0. The van der Waals surface area contributed by atoms with Crippen LogP contribution in [0.5, 0.6) is 11.6 Å². The van der Waals surface area contributed by atoms with Crippen LogP contribution in [0.25, 0.3) is 10.9 Å². The van der Waals surface area contributed by atoms with Gasteiger partial charge >= 0.3 is 0 Å². The van der Waals surface area contributed by atoms with Crippen molar-refractivity contribution in [2.45, 2.75) is 19.9 Å². The largest absolute Gasteiger partial charge is 0.493 e. The summed E-state index contributed by atoms with van der Waals surface area (Å²) in [4.78, 5) is 24.2. The van der Waals surface area contributed by atoms with Gasteiger partial charge in [0.2, 0.25) is 5.88 Å². The van der Waals surface area contributed by atoms with Crippen LogP contribution in [-0.2, 0) is 22.6 Å². The van der Waals surface area contributed by atoms with Crippen molar-refractivity contribution in [3.05, 3.63) is 90.0 Å². The van der Waals surface area contributed by atoms with Crippen molar-refractivity contribution in [2.75, 3.05) is 13.2 Å². The third-order valence-corrected chi connectivity index (χ3v) is 5.44. The van der Waals surface area contributed by atoms with Crippen LogP contribution >= 0.6 is 0 Å². The molecule has 1 heterocycles. The third-order valence-electron chi connectivity index (χ3n) is 5.44. The van der Waals surface area contributed by atoms with E-state index in [2.05, 4.69) is 15.5 Å². The molecule has 1 aromatic heterocycles. The zero-order valence-corrected chi connectivity index (χ0v) is 19.3. The number of nitrogens with one attached hydrogen (secondary N) is 1. The number of aryl methyl sites for hydroxylation is 3. The van der Waals surface area contributed by atoms with Crippen LogP contribution in [0.15, 0.2) is 89.1 Å². The zero-order chi connectivity index (χ0) is 24.6. The molecule has 0 saturated heterocycles. The lowest BCUT2D eigenvalue weighted by atomic mass is 10.1. The van der Waals surface area contributed by atoms with Gasteiger partial charge < -0.3 is 19.7 Å². The summed E-state index contributed by atoms with van der Waals surface area (Å²) in [6.45, 7) is 1.92. The van der Waals surface area contributed by atoms with Crippen LogP contribution in [0.2, 0.25) is 0 Å². The minimum Gasteiger partial charge on any atom is -0.493 e. The van der Waals surface area contributed by atoms with Gasteiger partial charge in [0.15, 0.2) is 12.3 Å². The van der Waals surface area contributed by atoms with E-state index in [-0.39, 0.29) is 24.7 Å². The van der Waals surface area contributed by atoms with Crippen LogP contribution in [0.3, 0.4) is 0 Å². The Morgan fingerprint density at radius 3 is 2.57 bits per heavy atom. The fraction of sp³-hybridized carbons (Fsp3) is 0.185. The molecule has 4 aromatic rings. The Labute approximate surface area is 202 Å². The molecule has 8 nitrogen and oxygen atoms in total. The van der Waals surface area contributed by atoms with Gasteiger partial charge in [0, 0.05) is 11.9 Å². The quantitative estimate of drug-likeness (QED) is 0.346. The van der Waals surface area contributed by atoms with Gasteiger partial charge in [-0.2, -0.15) is 0 Å². The molecule has 0 unspecified atom stereocenters. The molecular weight excluding hydrogens is 444 g/mol. The summed E-state index contributed by atoms with van der Waals surface area (Å²) in [6, 6.07) is 24.7. The monoisotopic (exact) mass is 470 g/mol. The smallest absolute Gasteiger partial charge is 0.283 e. The predicted molar refractivity (Wildman–Crippen MR) is 133 cm³/mol. The van der Waals surface area contributed by atoms with E-state index in [4.69, 9.17) is 4.74 Å². The van der Waals surface area contributed by atoms with Crippen molar-refractivity contribution in [1.29, 1.82) is 0 Å². The standard InChI is InChI=1S/C27H26N4O4/c1-19-8-7-11-21(16-19)35-18-25(33)28-17-24(32)29-30-26-22-12-5-6-13-23(22)31(27(26)34)15-14-20-9-3-2-4-10-20/h2-13,16,34H,14-15,17-18H2,1H3,(H,28,33). The average molecular weight is 471 g/mol. The fourth-order valence-corrected chi connectivity index (χ4v) is 3.70. The van der Waals surface area contributed by atoms with Gasteiger partial charge in [-0.1, -0.05) is 60.7 Å². The summed E-state index contributed by atoms with van der Waals surface area (Å²) < 4.78 is 7.17. The summed E-state index contributed by atoms with van der Waals surface area (Å²) in [6.07, 6.45) is 0.721. The number of nitrogens with zero attached hydrogens (tertiary/aromatic N) is 3. The SMILES string of the molecule is Cc1cccc(OCC(=O)NCC(=O)N=Nc2c(O)n(CCc3ccccc3)c3ccccc23)c1. The molecule has 0 spiro atoms. The number of carbonyl (C=O) groups excluding carboxylic acids is 2. The number of aromatic hydroxyl groups is 1. The second-order valence-corrected chi connectivity index (χ2v) is 8.05. The van der Waals surface area contributed by atoms with Crippen molar-refractivity contribution in [3.8, 4) is 11.6 Å². The highest BCUT2D eigenvalue weighted by Gasteiger charge is 2.17. The molecule has 2 N–H and O–H groups in total. The molecule has 178 valence electrons. The normalized spacial score (nSPS) is 11.1. The maximum Gasteiger partial charge on any atom is 0.283 e. The van der Waals surface area contributed by atoms with Gasteiger partial charge in [0.25, 0.3) is 11.8 Å². The number of carbonyl (C=O) groups is 2. The molecule has 0 fully saturated rings. The van der Waals surface area contributed by atoms with Gasteiger partial charge in [0.05, 0.1) is 5.52 Å². The molecule has 4 rings (SSSR count). The molecule has 0 saturated carbocycles. The first kappa shape index (κ1) is 23.7. The number of ether oxygens (including phenoxy) is 1. The number of azo groups is 1. The molecule has 0 aliphatic carbocycles. The molecule has 0 aliphatic rings. The van der Waals surface area contributed by atoms with Crippen molar-refractivity contribution in [2.24, 2.45) is 10.2 Å². The maximum atomic E-state index is 12.2. The second kappa shape index (κ2) is 11.1. The van der Waals surface area contributed by atoms with Crippen LogP contribution in [-0.4, -0.2) is 34.6 Å². The second-order valence-electron chi connectivity index (χ2n) is 8.05. The van der Waals surface area contributed by atoms with E-state index >= 15 is 0 Å². The Balaban J connectivity index is 1.38. The molecule has 35 heavy (non-hydrogen) atoms. The molecule has 8 heteroatoms. The predicted octanol–water partition coefficient (Wildman–Crippen LogP) is 4.70. The number of hydrogen-bond donors (Lipinski definition) is 2. The molecular formula is C27H26N4O4. The summed E-state index contributed by atoms with van der Waals surface area (Å²) in [7, 11) is 0. The number of fused-ring (bicyclic) bond motifs is 1. The summed E-state index contributed by atoms with van der Waals surface area (Å²) >= 11 is 0. The Morgan fingerprint density at radius 1 is 1.00 bits per heavy atom. The van der Waals surface area contributed by atoms with Crippen molar-refractivity contribution < 1.29 is 19.4 Å². The Bertz CT molecular complexity index is 1360. The third kappa shape index (κ3) is 6.11. The van der Waals surface area contributed by atoms with Gasteiger partial charge in [-0.05, 0) is 42.7 Å². The first-order valence-corrected chi connectivity index (χ1v) is 11.3. The van der Waals surface area contributed by atoms with Crippen molar-refractivity contribution in [1.82, 2.24) is 9.88 Å². The molecule has 0 radical (unpaired) electrons. The topological polar surface area (TPSA) is 105 Å². The van der Waals surface area contributed by atoms with E-state index in [1.54, 1.807) is 10.6 Å². The number of hydrogen-bond acceptors (Lipinski definition) is 5. The van der Waals surface area contributed by atoms with Gasteiger partial charge in [-0.15, -0.1) is 10.2 Å². The van der Waals surface area contributed by atoms with E-state index in [0.29, 0.717) is 17.7 Å². The van der Waals surface area contributed by atoms with E-state index in [1.165, 1.54) is 0 Å². The summed E-state index contributed by atoms with van der Waals surface area (Å²) in [5.74, 6) is -0.579. The van der Waals surface area contributed by atoms with E-state index in [1.807, 2.05) is 79.7 Å². The lowest BCUT2D eigenvalue weighted by molar-refractivity contribution is -0.126. The summed E-state index contributed by atoms with van der Waals surface area (Å²) in [5, 5.41) is 21.7. The van der Waals surface area contributed by atoms with Gasteiger partial charge in [0.1, 0.15) is 12.3 Å². The van der Waals surface area contributed by atoms with Gasteiger partial charge in [-0.25, -0.2) is 0 Å². The van der Waals surface area contributed by atoms with Crippen molar-refractivity contribution >= 4 is 28.4 Å². The van der Waals surface area contributed by atoms with Crippen molar-refractivity contribution in [3.63, 3.8) is 0 Å². The highest BCUT2D eigenvalue weighted by Crippen LogP contribution is 2.38. The zero-order valence-electron chi connectivity index (χ0n) is 19.3. The molecule has 3 aromatic carbocycles. The van der Waals surface area contributed by atoms with Crippen LogP contribution in [0.4, 0.5) is 5.69 Å². The van der Waals surface area contributed by atoms with Crippen LogP contribution in [0, 0.1) is 6.92 Å². The Morgan fingerprint density at radius 2 is 1.77 bits per heavy atom. The van der Waals surface area contributed by atoms with Crippen LogP contribution in [0.1, 0.15) is 11.1 Å². The van der Waals surface area contributed by atoms with Gasteiger partial charge in [-0.3, -0.25) is 9.59 Å². The highest BCUT2D eigenvalue weighted by molar-refractivity contribution is 5.95. The lowest BCUT2D eigenvalue weighted by Gasteiger charge is -2.07. The van der Waals surface area contributed by atoms with Crippen LogP contribution < -0.4 is 10.1 Å². The number of amides is 2. The lowest BCUT2D eigenvalue weighted by Crippen LogP contribution is -2.32.